The lowest BCUT2D eigenvalue weighted by atomic mass is 10.1. The number of carboxylic acid groups (broad SMARTS) is 1. The second-order valence-corrected chi connectivity index (χ2v) is 9.95. The molecule has 1 aromatic carbocycles. The number of hydrogen-bond acceptors (Lipinski definition) is 7. The van der Waals surface area contributed by atoms with Gasteiger partial charge in [-0.3, -0.25) is 24.7 Å². The number of hydrogen-bond donors (Lipinski definition) is 5. The van der Waals surface area contributed by atoms with Crippen LogP contribution in [0.1, 0.15) is 42.6 Å². The summed E-state index contributed by atoms with van der Waals surface area (Å²) in [5.41, 5.74) is 1.14. The Bertz CT molecular complexity index is 975. The Morgan fingerprint density at radius 3 is 2.45 bits per heavy atom. The molecule has 12 heteroatoms. The number of carbonyl (C=O) groups is 3. The third-order valence-electron chi connectivity index (χ3n) is 4.65. The molecule has 5 N–H and O–H groups in total. The smallest absolute Gasteiger partial charge is 0.323 e. The van der Waals surface area contributed by atoms with Crippen LogP contribution in [0.15, 0.2) is 29.3 Å². The number of amides is 2. The van der Waals surface area contributed by atoms with Gasteiger partial charge in [0.15, 0.2) is 5.96 Å². The number of benzene rings is 1. The third-order valence-corrected chi connectivity index (χ3v) is 6.40. The van der Waals surface area contributed by atoms with Gasteiger partial charge in [-0.2, -0.15) is 4.72 Å². The van der Waals surface area contributed by atoms with Crippen LogP contribution in [0.5, 0.6) is 0 Å². The molecule has 0 aliphatic carbocycles. The summed E-state index contributed by atoms with van der Waals surface area (Å²) in [4.78, 5) is 39.9. The summed E-state index contributed by atoms with van der Waals surface area (Å²) in [6.45, 7) is 4.47. The number of nitrogens with zero attached hydrogens (tertiary/aromatic N) is 1. The molecule has 0 bridgehead atoms. The van der Waals surface area contributed by atoms with E-state index in [4.69, 9.17) is 0 Å². The molecule has 0 spiro atoms. The average molecular weight is 482 g/mol. The normalized spacial score (nSPS) is 14.7. The first kappa shape index (κ1) is 26.3. The summed E-state index contributed by atoms with van der Waals surface area (Å²) < 4.78 is 26.1. The summed E-state index contributed by atoms with van der Waals surface area (Å²) in [5, 5.41) is 17.5. The Hall–Kier alpha value is -2.99. The molecular formula is C21H31N5O6S. The highest BCUT2D eigenvalue weighted by molar-refractivity contribution is 7.89. The Balaban J connectivity index is 1.84. The maximum absolute atomic E-state index is 12.3. The molecule has 0 fully saturated rings. The van der Waals surface area contributed by atoms with E-state index < -0.39 is 34.5 Å². The highest BCUT2D eigenvalue weighted by Crippen LogP contribution is 2.07. The van der Waals surface area contributed by atoms with E-state index in [2.05, 4.69) is 25.7 Å². The molecule has 2 rings (SSSR count). The molecule has 1 aliphatic rings. The molecule has 0 radical (unpaired) electrons. The van der Waals surface area contributed by atoms with Gasteiger partial charge in [0.05, 0.1) is 5.75 Å². The van der Waals surface area contributed by atoms with Crippen molar-refractivity contribution in [1.82, 2.24) is 20.7 Å². The maximum atomic E-state index is 12.3. The Morgan fingerprint density at radius 1 is 1.18 bits per heavy atom. The van der Waals surface area contributed by atoms with Gasteiger partial charge < -0.3 is 15.7 Å². The van der Waals surface area contributed by atoms with Crippen molar-refractivity contribution >= 4 is 33.8 Å². The number of carbonyl (C=O) groups excluding carboxylic acids is 2. The van der Waals surface area contributed by atoms with Crippen LogP contribution in [0.25, 0.3) is 0 Å². The number of aliphatic imine (C=N–C) groups is 1. The first-order chi connectivity index (χ1) is 15.6. The predicted octanol–water partition coefficient (Wildman–Crippen LogP) is -0.157. The largest absolute Gasteiger partial charge is 0.480 e. The topological polar surface area (TPSA) is 166 Å². The second-order valence-electron chi connectivity index (χ2n) is 8.15. The van der Waals surface area contributed by atoms with E-state index in [9.17, 15) is 27.9 Å². The van der Waals surface area contributed by atoms with E-state index in [1.54, 1.807) is 38.1 Å². The quantitative estimate of drug-likeness (QED) is 0.293. The van der Waals surface area contributed by atoms with Gasteiger partial charge >= 0.3 is 5.97 Å². The lowest BCUT2D eigenvalue weighted by molar-refractivity contribution is -0.138. The fourth-order valence-corrected chi connectivity index (χ4v) is 4.66. The van der Waals surface area contributed by atoms with E-state index in [0.29, 0.717) is 18.9 Å². The molecule has 0 saturated carbocycles. The molecule has 1 heterocycles. The summed E-state index contributed by atoms with van der Waals surface area (Å²) >= 11 is 0. The van der Waals surface area contributed by atoms with Gasteiger partial charge in [-0.25, -0.2) is 8.42 Å². The van der Waals surface area contributed by atoms with Gasteiger partial charge in [0.25, 0.3) is 5.91 Å². The minimum atomic E-state index is -3.79. The van der Waals surface area contributed by atoms with E-state index in [0.717, 1.165) is 18.5 Å². The molecule has 182 valence electrons. The van der Waals surface area contributed by atoms with E-state index in [1.807, 2.05) is 0 Å². The van der Waals surface area contributed by atoms with Crippen molar-refractivity contribution in [3.05, 3.63) is 35.4 Å². The molecule has 2 amide bonds. The SMILES string of the molecule is CC(C)CS(=O)(=O)NC(CNC(=O)c1ccc(CCC(=O)NC2=NCCCN2)cc1)C(=O)O. The van der Waals surface area contributed by atoms with Crippen molar-refractivity contribution in [2.45, 2.75) is 39.2 Å². The lowest BCUT2D eigenvalue weighted by Crippen LogP contribution is -2.49. The van der Waals surface area contributed by atoms with Crippen molar-refractivity contribution in [3.63, 3.8) is 0 Å². The minimum Gasteiger partial charge on any atom is -0.480 e. The van der Waals surface area contributed by atoms with Crippen molar-refractivity contribution < 1.29 is 27.9 Å². The Labute approximate surface area is 193 Å². The second kappa shape index (κ2) is 12.3. The zero-order chi connectivity index (χ0) is 24.4. The third kappa shape index (κ3) is 9.58. The lowest BCUT2D eigenvalue weighted by Gasteiger charge is -2.16. The van der Waals surface area contributed by atoms with Crippen LogP contribution in [0.3, 0.4) is 0 Å². The van der Waals surface area contributed by atoms with Crippen molar-refractivity contribution in [1.29, 1.82) is 0 Å². The fourth-order valence-electron chi connectivity index (χ4n) is 3.07. The highest BCUT2D eigenvalue weighted by Gasteiger charge is 2.25. The zero-order valence-electron chi connectivity index (χ0n) is 18.8. The van der Waals surface area contributed by atoms with Gasteiger partial charge in [0.2, 0.25) is 15.9 Å². The number of nitrogens with one attached hydrogen (secondary N) is 4. The van der Waals surface area contributed by atoms with Gasteiger partial charge in [-0.15, -0.1) is 0 Å². The minimum absolute atomic E-state index is 0.162. The van der Waals surface area contributed by atoms with E-state index in [-0.39, 0.29) is 29.6 Å². The molecule has 11 nitrogen and oxygen atoms in total. The number of sulfonamides is 1. The van der Waals surface area contributed by atoms with Crippen LogP contribution >= 0.6 is 0 Å². The van der Waals surface area contributed by atoms with Crippen LogP contribution < -0.4 is 20.7 Å². The van der Waals surface area contributed by atoms with E-state index in [1.165, 1.54) is 0 Å². The summed E-state index contributed by atoms with van der Waals surface area (Å²) in [6.07, 6.45) is 1.66. The molecule has 0 saturated heterocycles. The van der Waals surface area contributed by atoms with Crippen LogP contribution in [-0.2, 0) is 26.0 Å². The first-order valence-electron chi connectivity index (χ1n) is 10.7. The molecule has 33 heavy (non-hydrogen) atoms. The number of rotatable bonds is 11. The summed E-state index contributed by atoms with van der Waals surface area (Å²) in [6, 6.07) is 5.07. The van der Waals surface area contributed by atoms with Crippen LogP contribution in [-0.4, -0.2) is 68.7 Å². The van der Waals surface area contributed by atoms with Crippen molar-refractivity contribution in [2.75, 3.05) is 25.4 Å². The summed E-state index contributed by atoms with van der Waals surface area (Å²) in [5.74, 6) is -1.97. The molecule has 1 atom stereocenters. The maximum Gasteiger partial charge on any atom is 0.323 e. The molecule has 1 aromatic rings. The zero-order valence-corrected chi connectivity index (χ0v) is 19.6. The Kier molecular flexibility index (Phi) is 9.79. The molecule has 0 aromatic heterocycles. The van der Waals surface area contributed by atoms with Gasteiger partial charge in [0.1, 0.15) is 6.04 Å². The monoisotopic (exact) mass is 481 g/mol. The van der Waals surface area contributed by atoms with Gasteiger partial charge in [-0.1, -0.05) is 26.0 Å². The average Bonchev–Trinajstić information content (AvgIpc) is 2.75. The molecule has 1 aliphatic heterocycles. The number of carboxylic acids is 1. The fraction of sp³-hybridized carbons (Fsp3) is 0.524. The molecule has 1 unspecified atom stereocenters. The van der Waals surface area contributed by atoms with Gasteiger partial charge in [-0.05, 0) is 36.5 Å². The molecular weight excluding hydrogens is 450 g/mol. The van der Waals surface area contributed by atoms with Crippen LogP contribution in [0, 0.1) is 5.92 Å². The van der Waals surface area contributed by atoms with Crippen LogP contribution in [0.2, 0.25) is 0 Å². The van der Waals surface area contributed by atoms with Crippen molar-refractivity contribution in [2.24, 2.45) is 10.9 Å². The number of guanidine groups is 1. The first-order valence-corrected chi connectivity index (χ1v) is 12.4. The summed E-state index contributed by atoms with van der Waals surface area (Å²) in [7, 11) is -3.79. The Morgan fingerprint density at radius 2 is 1.88 bits per heavy atom. The standard InChI is InChI=1S/C21H31N5O6S/c1-14(2)13-33(31,32)26-17(20(29)30)12-24-19(28)16-7-4-15(5-8-16)6-9-18(27)25-21-22-10-3-11-23-21/h4-5,7-8,14,17,26H,3,6,9-13H2,1-2H3,(H,24,28)(H,29,30)(H2,22,23,25,27). The van der Waals surface area contributed by atoms with E-state index >= 15 is 0 Å². The predicted molar refractivity (Wildman–Crippen MR) is 123 cm³/mol. The van der Waals surface area contributed by atoms with Crippen LogP contribution in [0.4, 0.5) is 0 Å². The van der Waals surface area contributed by atoms with Crippen molar-refractivity contribution in [3.8, 4) is 0 Å². The number of aliphatic carboxylic acids is 1. The number of aryl methyl sites for hydroxylation is 1. The highest BCUT2D eigenvalue weighted by atomic mass is 32.2. The van der Waals surface area contributed by atoms with Gasteiger partial charge in [0, 0.05) is 31.6 Å².